The first kappa shape index (κ1) is 21.4. The van der Waals surface area contributed by atoms with E-state index < -0.39 is 5.25 Å². The van der Waals surface area contributed by atoms with Gasteiger partial charge in [-0.3, -0.25) is 9.59 Å². The van der Waals surface area contributed by atoms with Gasteiger partial charge in [-0.1, -0.05) is 23.9 Å². The quantitative estimate of drug-likeness (QED) is 0.486. The van der Waals surface area contributed by atoms with Crippen molar-refractivity contribution in [2.45, 2.75) is 25.5 Å². The number of amides is 2. The van der Waals surface area contributed by atoms with E-state index in [0.29, 0.717) is 16.5 Å². The van der Waals surface area contributed by atoms with Crippen molar-refractivity contribution in [1.82, 2.24) is 5.32 Å². The number of hydrogen-bond donors (Lipinski definition) is 3. The second-order valence-electron chi connectivity index (χ2n) is 6.68. The van der Waals surface area contributed by atoms with Gasteiger partial charge in [-0.15, -0.1) is 5.10 Å². The van der Waals surface area contributed by atoms with Crippen molar-refractivity contribution in [3.8, 4) is 11.5 Å². The lowest BCUT2D eigenvalue weighted by Gasteiger charge is -2.11. The van der Waals surface area contributed by atoms with Crippen LogP contribution in [0.3, 0.4) is 0 Å². The summed E-state index contributed by atoms with van der Waals surface area (Å²) in [4.78, 5) is 24.5. The number of carbonyl (C=O) groups is 2. The Balaban J connectivity index is 1.59. The highest BCUT2D eigenvalue weighted by atomic mass is 32.2. The number of aryl methyl sites for hydroxylation is 1. The number of amidine groups is 1. The number of phenolic OH excluding ortho intramolecular Hbond substituents is 1. The maximum atomic E-state index is 12.4. The van der Waals surface area contributed by atoms with Crippen LogP contribution >= 0.6 is 11.8 Å². The van der Waals surface area contributed by atoms with E-state index in [1.165, 1.54) is 19.4 Å². The van der Waals surface area contributed by atoms with Gasteiger partial charge in [0.05, 0.1) is 13.3 Å². The first-order chi connectivity index (χ1) is 14.4. The number of carbonyl (C=O) groups excluding carboxylic acids is 2. The Labute approximate surface area is 178 Å². The number of phenols is 1. The van der Waals surface area contributed by atoms with Gasteiger partial charge in [-0.05, 0) is 54.8 Å². The first-order valence-electron chi connectivity index (χ1n) is 9.19. The van der Waals surface area contributed by atoms with E-state index in [9.17, 15) is 14.7 Å². The third kappa shape index (κ3) is 5.18. The molecule has 30 heavy (non-hydrogen) atoms. The SMILES string of the molecule is COc1cc(/C=N\N=C2/NC(=O)[C@@H](CC(=O)Nc3cccc(C)c3C)S2)ccc1O. The van der Waals surface area contributed by atoms with Gasteiger partial charge in [-0.2, -0.15) is 5.10 Å². The maximum absolute atomic E-state index is 12.4. The number of nitrogens with zero attached hydrogens (tertiary/aromatic N) is 2. The zero-order valence-corrected chi connectivity index (χ0v) is 17.6. The minimum atomic E-state index is -0.571. The topological polar surface area (TPSA) is 112 Å². The van der Waals surface area contributed by atoms with Gasteiger partial charge in [0.2, 0.25) is 11.8 Å². The molecule has 0 radical (unpaired) electrons. The molecule has 0 saturated carbocycles. The average molecular weight is 426 g/mol. The lowest BCUT2D eigenvalue weighted by molar-refractivity contribution is -0.122. The highest BCUT2D eigenvalue weighted by Crippen LogP contribution is 2.26. The molecule has 1 saturated heterocycles. The zero-order chi connectivity index (χ0) is 21.7. The van der Waals surface area contributed by atoms with Crippen LogP contribution in [0, 0.1) is 13.8 Å². The number of ether oxygens (including phenoxy) is 1. The summed E-state index contributed by atoms with van der Waals surface area (Å²) in [6, 6.07) is 10.4. The second-order valence-corrected chi connectivity index (χ2v) is 7.87. The third-order valence-corrected chi connectivity index (χ3v) is 5.66. The number of benzene rings is 2. The molecule has 3 rings (SSSR count). The van der Waals surface area contributed by atoms with E-state index in [0.717, 1.165) is 28.6 Å². The molecule has 1 heterocycles. The van der Waals surface area contributed by atoms with Crippen LogP contribution in [0.5, 0.6) is 11.5 Å². The summed E-state index contributed by atoms with van der Waals surface area (Å²) in [5, 5.41) is 22.8. The number of rotatable bonds is 6. The van der Waals surface area contributed by atoms with Crippen LogP contribution in [0.4, 0.5) is 5.69 Å². The van der Waals surface area contributed by atoms with Crippen LogP contribution in [-0.4, -0.2) is 40.7 Å². The van der Waals surface area contributed by atoms with Gasteiger partial charge in [0.15, 0.2) is 16.7 Å². The van der Waals surface area contributed by atoms with Crippen molar-refractivity contribution in [2.75, 3.05) is 12.4 Å². The Kier molecular flexibility index (Phi) is 6.73. The highest BCUT2D eigenvalue weighted by molar-refractivity contribution is 8.15. The lowest BCUT2D eigenvalue weighted by atomic mass is 10.1. The molecule has 0 aromatic heterocycles. The van der Waals surface area contributed by atoms with Crippen LogP contribution < -0.4 is 15.4 Å². The molecule has 8 nitrogen and oxygen atoms in total. The fraction of sp³-hybridized carbons (Fsp3) is 0.238. The van der Waals surface area contributed by atoms with E-state index in [2.05, 4.69) is 20.8 Å². The summed E-state index contributed by atoms with van der Waals surface area (Å²) < 4.78 is 5.04. The lowest BCUT2D eigenvalue weighted by Crippen LogP contribution is -2.28. The molecule has 1 atom stereocenters. The summed E-state index contributed by atoms with van der Waals surface area (Å²) >= 11 is 1.16. The number of thioether (sulfide) groups is 1. The van der Waals surface area contributed by atoms with E-state index in [1.54, 1.807) is 12.1 Å². The molecule has 1 aliphatic heterocycles. The summed E-state index contributed by atoms with van der Waals surface area (Å²) in [6.45, 7) is 3.91. The van der Waals surface area contributed by atoms with Crippen molar-refractivity contribution in [3.05, 3.63) is 53.1 Å². The average Bonchev–Trinajstić information content (AvgIpc) is 3.05. The molecule has 9 heteroatoms. The van der Waals surface area contributed by atoms with Crippen molar-refractivity contribution in [2.24, 2.45) is 10.2 Å². The van der Waals surface area contributed by atoms with Crippen molar-refractivity contribution >= 4 is 40.6 Å². The normalized spacial score (nSPS) is 17.4. The van der Waals surface area contributed by atoms with Gasteiger partial charge in [0.1, 0.15) is 5.25 Å². The maximum Gasteiger partial charge on any atom is 0.240 e. The Morgan fingerprint density at radius 3 is 2.90 bits per heavy atom. The van der Waals surface area contributed by atoms with E-state index in [-0.39, 0.29) is 24.0 Å². The van der Waals surface area contributed by atoms with Crippen LogP contribution in [0.1, 0.15) is 23.1 Å². The number of aromatic hydroxyl groups is 1. The third-order valence-electron chi connectivity index (χ3n) is 4.59. The molecule has 0 aliphatic carbocycles. The van der Waals surface area contributed by atoms with E-state index in [1.807, 2.05) is 32.0 Å². The predicted molar refractivity (Wildman–Crippen MR) is 118 cm³/mol. The summed E-state index contributed by atoms with van der Waals surface area (Å²) in [5.74, 6) is -0.166. The van der Waals surface area contributed by atoms with E-state index in [4.69, 9.17) is 4.74 Å². The molecule has 156 valence electrons. The molecule has 1 fully saturated rings. The summed E-state index contributed by atoms with van der Waals surface area (Å²) in [5.41, 5.74) is 3.50. The summed E-state index contributed by atoms with van der Waals surface area (Å²) in [6.07, 6.45) is 1.50. The number of nitrogens with one attached hydrogen (secondary N) is 2. The van der Waals surface area contributed by atoms with Crippen LogP contribution in [-0.2, 0) is 9.59 Å². The monoisotopic (exact) mass is 426 g/mol. The van der Waals surface area contributed by atoms with Crippen molar-refractivity contribution < 1.29 is 19.4 Å². The van der Waals surface area contributed by atoms with Crippen molar-refractivity contribution in [3.63, 3.8) is 0 Å². The molecule has 2 aromatic rings. The fourth-order valence-electron chi connectivity index (χ4n) is 2.77. The number of hydrogen-bond acceptors (Lipinski definition) is 7. The molecule has 2 aromatic carbocycles. The van der Waals surface area contributed by atoms with Gasteiger partial charge >= 0.3 is 0 Å². The zero-order valence-electron chi connectivity index (χ0n) is 16.8. The standard InChI is InChI=1S/C21H22N4O4S/c1-12-5-4-6-15(13(12)2)23-19(27)10-18-20(28)24-21(30-18)25-22-11-14-7-8-16(26)17(9-14)29-3/h4-9,11,18,26H,10H2,1-3H3,(H,23,27)(H,24,25,28)/b22-11-/t18-/m1/s1. The number of methoxy groups -OCH3 is 1. The number of anilines is 1. The Hall–Kier alpha value is -3.33. The molecule has 2 amide bonds. The van der Waals surface area contributed by atoms with Crippen molar-refractivity contribution in [1.29, 1.82) is 0 Å². The predicted octanol–water partition coefficient (Wildman–Crippen LogP) is 2.97. The molecular weight excluding hydrogens is 404 g/mol. The van der Waals surface area contributed by atoms with Crippen LogP contribution in [0.15, 0.2) is 46.6 Å². The minimum absolute atomic E-state index is 0.0292. The molecule has 0 bridgehead atoms. The molecular formula is C21H22N4O4S. The Bertz CT molecular complexity index is 1040. The van der Waals surface area contributed by atoms with E-state index >= 15 is 0 Å². The highest BCUT2D eigenvalue weighted by Gasteiger charge is 2.32. The summed E-state index contributed by atoms with van der Waals surface area (Å²) in [7, 11) is 1.46. The largest absolute Gasteiger partial charge is 0.504 e. The Morgan fingerprint density at radius 1 is 1.33 bits per heavy atom. The molecule has 3 N–H and O–H groups in total. The minimum Gasteiger partial charge on any atom is -0.504 e. The van der Waals surface area contributed by atoms with Gasteiger partial charge in [0, 0.05) is 12.1 Å². The fourth-order valence-corrected chi connectivity index (χ4v) is 3.69. The molecule has 0 unspecified atom stereocenters. The second kappa shape index (κ2) is 9.45. The molecule has 0 spiro atoms. The Morgan fingerprint density at radius 2 is 2.13 bits per heavy atom. The van der Waals surface area contributed by atoms with Crippen LogP contribution in [0.25, 0.3) is 0 Å². The van der Waals surface area contributed by atoms with Gasteiger partial charge in [-0.25, -0.2) is 0 Å². The van der Waals surface area contributed by atoms with Gasteiger partial charge in [0.25, 0.3) is 0 Å². The smallest absolute Gasteiger partial charge is 0.240 e. The van der Waals surface area contributed by atoms with Crippen LogP contribution in [0.2, 0.25) is 0 Å². The molecule has 1 aliphatic rings. The van der Waals surface area contributed by atoms with Gasteiger partial charge < -0.3 is 20.5 Å². The first-order valence-corrected chi connectivity index (χ1v) is 10.1.